The third-order valence-electron chi connectivity index (χ3n) is 12.2. The van der Waals surface area contributed by atoms with E-state index in [1.54, 1.807) is 36.9 Å². The number of rotatable bonds is 15. The fraction of sp³-hybridized carbons (Fsp3) is 0.375. The topological polar surface area (TPSA) is 183 Å². The van der Waals surface area contributed by atoms with E-state index >= 15 is 0 Å². The number of aliphatic carboxylic acids is 1. The summed E-state index contributed by atoms with van der Waals surface area (Å²) >= 11 is 0. The molecule has 2 fully saturated rings. The second kappa shape index (κ2) is 18.4. The lowest BCUT2D eigenvalue weighted by molar-refractivity contribution is -0.138. The van der Waals surface area contributed by atoms with Gasteiger partial charge in [-0.1, -0.05) is 27.7 Å². The first-order chi connectivity index (χ1) is 30.5. The number of imidazole rings is 2. The van der Waals surface area contributed by atoms with Crippen molar-refractivity contribution in [3.63, 3.8) is 0 Å². The standard InChI is InChI=1S/C24H26N4O3.C20H22N4O2.C4H6O2/c1-3-27(4-2)12-11-25-18-8-9-19-22-21(18)23(29)17-13-16(31-24(30)15-5-6-15)7-10-20(17)28(22)14-26-19;1-3-23(4-2)10-9-21-15-6-7-16-19-18(15)20(26)14-11-13(25)5-8-17(14)24(19)12-22-16;5-4(6)3-1-2-3/h7-10,13-15,25H,3-6,11-12H2,1-2H3;5-8,11-12,21,25H,3-4,9-10H2,1-2H3;3H,1-2H2,(H,5,6). The zero-order valence-corrected chi connectivity index (χ0v) is 36.2. The van der Waals surface area contributed by atoms with E-state index in [9.17, 15) is 24.3 Å². The molecule has 0 bridgehead atoms. The van der Waals surface area contributed by atoms with Crippen molar-refractivity contribution in [1.29, 1.82) is 0 Å². The summed E-state index contributed by atoms with van der Waals surface area (Å²) in [7, 11) is 0. The number of benzene rings is 4. The number of hydrogen-bond donors (Lipinski definition) is 4. The van der Waals surface area contributed by atoms with E-state index in [0.717, 1.165) is 123 Å². The van der Waals surface area contributed by atoms with Crippen LogP contribution in [0.15, 0.2) is 82.9 Å². The Morgan fingerprint density at radius 3 is 1.60 bits per heavy atom. The number of hydrogen-bond acceptors (Lipinski definition) is 12. The predicted octanol–water partition coefficient (Wildman–Crippen LogP) is 6.89. The molecule has 4 N–H and O–H groups in total. The molecule has 0 radical (unpaired) electrons. The summed E-state index contributed by atoms with van der Waals surface area (Å²) in [4.78, 5) is 62.2. The first kappa shape index (κ1) is 43.1. The van der Waals surface area contributed by atoms with E-state index in [-0.39, 0.29) is 34.4 Å². The van der Waals surface area contributed by atoms with Crippen molar-refractivity contribution in [2.75, 3.05) is 63.0 Å². The van der Waals surface area contributed by atoms with Crippen LogP contribution in [0.2, 0.25) is 0 Å². The third-order valence-corrected chi connectivity index (χ3v) is 12.2. The minimum atomic E-state index is -0.630. The molecule has 2 aliphatic carbocycles. The number of pyridine rings is 2. The van der Waals surface area contributed by atoms with Crippen LogP contribution in [0, 0.1) is 11.8 Å². The second-order valence-corrected chi connectivity index (χ2v) is 16.2. The quantitative estimate of drug-likeness (QED) is 0.0476. The number of carbonyl (C=O) groups excluding carboxylic acids is 1. The molecule has 4 aromatic carbocycles. The van der Waals surface area contributed by atoms with Crippen LogP contribution in [-0.2, 0) is 9.59 Å². The Labute approximate surface area is 363 Å². The Bertz CT molecular complexity index is 3040. The van der Waals surface area contributed by atoms with Crippen LogP contribution < -0.4 is 26.2 Å². The summed E-state index contributed by atoms with van der Waals surface area (Å²) in [6.45, 7) is 15.9. The highest BCUT2D eigenvalue weighted by atomic mass is 16.5. The minimum Gasteiger partial charge on any atom is -0.508 e. The van der Waals surface area contributed by atoms with Gasteiger partial charge >= 0.3 is 11.9 Å². The van der Waals surface area contributed by atoms with Crippen molar-refractivity contribution in [3.8, 4) is 11.5 Å². The van der Waals surface area contributed by atoms with E-state index in [4.69, 9.17) is 9.84 Å². The van der Waals surface area contributed by atoms with Gasteiger partial charge in [0.15, 0.2) is 10.9 Å². The molecule has 0 atom stereocenters. The van der Waals surface area contributed by atoms with Gasteiger partial charge in [-0.3, -0.25) is 28.0 Å². The predicted molar refractivity (Wildman–Crippen MR) is 248 cm³/mol. The number of fused-ring (bicyclic) bond motifs is 4. The van der Waals surface area contributed by atoms with E-state index < -0.39 is 5.97 Å². The fourth-order valence-corrected chi connectivity index (χ4v) is 8.11. The largest absolute Gasteiger partial charge is 0.508 e. The fourth-order valence-electron chi connectivity index (χ4n) is 8.11. The SMILES string of the molecule is CCN(CC)CCNc1ccc2ncn3c4ccc(O)cc4c(=O)c1c23.CCN(CC)CCNc1ccc2ncn3c4ccc(OC(=O)C5CC5)cc4c(=O)c1c23.O=C(O)C1CC1. The first-order valence-corrected chi connectivity index (χ1v) is 22.0. The van der Waals surface area contributed by atoms with Gasteiger partial charge in [0.05, 0.1) is 66.5 Å². The van der Waals surface area contributed by atoms with Gasteiger partial charge in [-0.2, -0.15) is 0 Å². The molecular formula is C48H54N8O7. The summed E-state index contributed by atoms with van der Waals surface area (Å²) in [5, 5.41) is 27.0. The van der Waals surface area contributed by atoms with Crippen LogP contribution in [-0.4, -0.2) is 103 Å². The highest BCUT2D eigenvalue weighted by Crippen LogP contribution is 2.34. The van der Waals surface area contributed by atoms with E-state index in [2.05, 4.69) is 58.1 Å². The van der Waals surface area contributed by atoms with Gasteiger partial charge in [0, 0.05) is 37.6 Å². The molecule has 2 aliphatic rings. The van der Waals surface area contributed by atoms with Crippen LogP contribution in [0.5, 0.6) is 11.5 Å². The van der Waals surface area contributed by atoms with Crippen LogP contribution >= 0.6 is 0 Å². The molecule has 15 heteroatoms. The van der Waals surface area contributed by atoms with E-state index in [1.807, 2.05) is 39.1 Å². The molecule has 2 saturated carbocycles. The van der Waals surface area contributed by atoms with Crippen molar-refractivity contribution in [3.05, 3.63) is 93.8 Å². The Hall–Kier alpha value is -6.58. The molecule has 4 heterocycles. The smallest absolute Gasteiger partial charge is 0.314 e. The maximum atomic E-state index is 13.6. The Kier molecular flexibility index (Phi) is 12.6. The lowest BCUT2D eigenvalue weighted by Crippen LogP contribution is -2.28. The number of ether oxygens (including phenoxy) is 1. The van der Waals surface area contributed by atoms with Gasteiger partial charge in [0.2, 0.25) is 0 Å². The molecule has 0 unspecified atom stereocenters. The van der Waals surface area contributed by atoms with Gasteiger partial charge in [-0.15, -0.1) is 0 Å². The number of anilines is 2. The zero-order valence-electron chi connectivity index (χ0n) is 36.2. The summed E-state index contributed by atoms with van der Waals surface area (Å²) in [5.41, 5.74) is 6.17. The number of likely N-dealkylation sites (N-methyl/N-ethyl adjacent to an activating group) is 2. The highest BCUT2D eigenvalue weighted by molar-refractivity contribution is 6.08. The molecular weight excluding hydrogens is 801 g/mol. The van der Waals surface area contributed by atoms with Crippen LogP contribution in [0.1, 0.15) is 53.4 Å². The van der Waals surface area contributed by atoms with Crippen LogP contribution in [0.3, 0.4) is 0 Å². The second-order valence-electron chi connectivity index (χ2n) is 16.2. The lowest BCUT2D eigenvalue weighted by Gasteiger charge is -2.19. The Balaban J connectivity index is 0.000000154. The Morgan fingerprint density at radius 1 is 0.683 bits per heavy atom. The van der Waals surface area contributed by atoms with Gasteiger partial charge in [0.1, 0.15) is 24.2 Å². The molecule has 0 saturated heterocycles. The summed E-state index contributed by atoms with van der Waals surface area (Å²) in [6.07, 6.45) is 7.03. The minimum absolute atomic E-state index is 0.00217. The monoisotopic (exact) mass is 854 g/mol. The zero-order chi connectivity index (χ0) is 44.4. The number of carbonyl (C=O) groups is 2. The van der Waals surface area contributed by atoms with Crippen molar-refractivity contribution >= 4 is 78.0 Å². The van der Waals surface area contributed by atoms with Crippen LogP contribution in [0.4, 0.5) is 11.4 Å². The van der Waals surface area contributed by atoms with Gasteiger partial charge in [-0.05, 0) is 113 Å². The van der Waals surface area contributed by atoms with Crippen molar-refractivity contribution in [1.82, 2.24) is 28.6 Å². The molecule has 8 aromatic rings. The molecule has 328 valence electrons. The van der Waals surface area contributed by atoms with Gasteiger partial charge < -0.3 is 35.4 Å². The third kappa shape index (κ3) is 8.88. The molecule has 4 aromatic heterocycles. The maximum Gasteiger partial charge on any atom is 0.314 e. The number of nitrogens with zero attached hydrogens (tertiary/aromatic N) is 6. The number of aromatic nitrogens is 4. The van der Waals surface area contributed by atoms with Crippen molar-refractivity contribution < 1.29 is 24.5 Å². The average molecular weight is 855 g/mol. The number of carboxylic acids is 1. The number of phenolic OH excluding ortho intramolecular Hbond substituents is 1. The van der Waals surface area contributed by atoms with Crippen molar-refractivity contribution in [2.24, 2.45) is 11.8 Å². The molecule has 63 heavy (non-hydrogen) atoms. The normalized spacial score (nSPS) is 13.9. The molecule has 15 nitrogen and oxygen atoms in total. The van der Waals surface area contributed by atoms with Gasteiger partial charge in [-0.25, -0.2) is 9.97 Å². The maximum absolute atomic E-state index is 13.6. The summed E-state index contributed by atoms with van der Waals surface area (Å²) < 4.78 is 9.38. The molecule has 0 spiro atoms. The van der Waals surface area contributed by atoms with E-state index in [1.165, 1.54) is 6.07 Å². The number of aromatic hydroxyl groups is 1. The number of nitrogens with one attached hydrogen (secondary N) is 2. The van der Waals surface area contributed by atoms with E-state index in [0.29, 0.717) is 27.3 Å². The Morgan fingerprint density at radius 2 is 1.16 bits per heavy atom. The van der Waals surface area contributed by atoms with Crippen molar-refractivity contribution in [2.45, 2.75) is 53.4 Å². The highest BCUT2D eigenvalue weighted by Gasteiger charge is 2.32. The summed E-state index contributed by atoms with van der Waals surface area (Å²) in [6, 6.07) is 17.9. The number of carboxylic acid groups (broad SMARTS) is 1. The average Bonchev–Trinajstić information content (AvgIpc) is 4.24. The lowest BCUT2D eigenvalue weighted by atomic mass is 10.1. The van der Waals surface area contributed by atoms with Crippen LogP contribution in [0.25, 0.3) is 54.6 Å². The summed E-state index contributed by atoms with van der Waals surface area (Å²) in [5.74, 6) is -0.325. The molecule has 0 aliphatic heterocycles. The molecule has 10 rings (SSSR count). The first-order valence-electron chi connectivity index (χ1n) is 22.0. The number of esters is 1. The van der Waals surface area contributed by atoms with Gasteiger partial charge in [0.25, 0.3) is 0 Å². The molecule has 0 amide bonds. The number of phenols is 1.